The van der Waals surface area contributed by atoms with E-state index < -0.39 is 10.0 Å². The summed E-state index contributed by atoms with van der Waals surface area (Å²) in [7, 11) is -3.45. The summed E-state index contributed by atoms with van der Waals surface area (Å²) in [5.74, 6) is -0.173. The van der Waals surface area contributed by atoms with E-state index in [-0.39, 0.29) is 15.9 Å². The molecule has 0 spiro atoms. The van der Waals surface area contributed by atoms with Gasteiger partial charge >= 0.3 is 0 Å². The van der Waals surface area contributed by atoms with Crippen LogP contribution in [0.3, 0.4) is 0 Å². The van der Waals surface area contributed by atoms with Crippen molar-refractivity contribution in [2.24, 2.45) is 0 Å². The summed E-state index contributed by atoms with van der Waals surface area (Å²) in [6.45, 7) is 2.89. The number of anilines is 1. The zero-order chi connectivity index (χ0) is 17.6. The van der Waals surface area contributed by atoms with Crippen molar-refractivity contribution in [2.75, 3.05) is 18.4 Å². The molecular formula is C16H23N3O3S2. The lowest BCUT2D eigenvalue weighted by molar-refractivity contribution is -0.119. The quantitative estimate of drug-likeness (QED) is 0.797. The van der Waals surface area contributed by atoms with Crippen LogP contribution >= 0.6 is 12.2 Å². The molecule has 1 aromatic carbocycles. The normalized spacial score (nSPS) is 16.2. The number of benzene rings is 1. The third-order valence-corrected chi connectivity index (χ3v) is 6.01. The average molecular weight is 370 g/mol. The molecule has 1 aromatic rings. The maximum atomic E-state index is 12.7. The van der Waals surface area contributed by atoms with E-state index in [2.05, 4.69) is 10.6 Å². The first-order chi connectivity index (χ1) is 11.4. The number of carbonyl (C=O) groups is 1. The molecule has 0 aromatic heterocycles. The number of thiocarbonyl (C=S) groups is 1. The summed E-state index contributed by atoms with van der Waals surface area (Å²) in [6.07, 6.45) is 4.31. The summed E-state index contributed by atoms with van der Waals surface area (Å²) in [5.41, 5.74) is 0.631. The van der Waals surface area contributed by atoms with Crippen molar-refractivity contribution in [1.82, 2.24) is 9.62 Å². The molecule has 1 amide bonds. The van der Waals surface area contributed by atoms with Crippen molar-refractivity contribution in [1.29, 1.82) is 0 Å². The van der Waals surface area contributed by atoms with Gasteiger partial charge in [-0.05, 0) is 49.3 Å². The van der Waals surface area contributed by atoms with Gasteiger partial charge in [-0.3, -0.25) is 4.79 Å². The van der Waals surface area contributed by atoms with Crippen LogP contribution in [0, 0.1) is 0 Å². The van der Waals surface area contributed by atoms with Gasteiger partial charge in [0.05, 0.1) is 4.90 Å². The maximum Gasteiger partial charge on any atom is 0.243 e. The minimum atomic E-state index is -3.45. The first-order valence-electron chi connectivity index (χ1n) is 8.14. The van der Waals surface area contributed by atoms with E-state index in [4.69, 9.17) is 12.2 Å². The number of carbonyl (C=O) groups excluding carboxylic acids is 1. The molecule has 0 bridgehead atoms. The number of nitrogens with zero attached hydrogens (tertiary/aromatic N) is 1. The molecule has 0 unspecified atom stereocenters. The monoisotopic (exact) mass is 369 g/mol. The molecule has 6 nitrogen and oxygen atoms in total. The van der Waals surface area contributed by atoms with Crippen LogP contribution in [0.1, 0.15) is 39.0 Å². The van der Waals surface area contributed by atoms with Crippen molar-refractivity contribution in [3.8, 4) is 0 Å². The van der Waals surface area contributed by atoms with Crippen LogP contribution in [-0.2, 0) is 14.8 Å². The highest BCUT2D eigenvalue weighted by atomic mass is 32.2. The fourth-order valence-corrected chi connectivity index (χ4v) is 4.27. The average Bonchev–Trinajstić information content (AvgIpc) is 2.85. The zero-order valence-corrected chi connectivity index (χ0v) is 15.4. The Labute approximate surface area is 148 Å². The lowest BCUT2D eigenvalue weighted by atomic mass is 10.2. The molecule has 1 heterocycles. The third-order valence-electron chi connectivity index (χ3n) is 3.89. The summed E-state index contributed by atoms with van der Waals surface area (Å²) in [5, 5.41) is 5.60. The minimum Gasteiger partial charge on any atom is -0.332 e. The van der Waals surface area contributed by atoms with Gasteiger partial charge < -0.3 is 10.6 Å². The number of hydrogen-bond donors (Lipinski definition) is 2. The van der Waals surface area contributed by atoms with Crippen molar-refractivity contribution < 1.29 is 13.2 Å². The Bertz CT molecular complexity index is 679. The van der Waals surface area contributed by atoms with Crippen LogP contribution in [0.2, 0.25) is 0 Å². The van der Waals surface area contributed by atoms with Crippen LogP contribution in [0.25, 0.3) is 0 Å². The van der Waals surface area contributed by atoms with E-state index in [0.717, 1.165) is 25.7 Å². The predicted octanol–water partition coefficient (Wildman–Crippen LogP) is 2.47. The molecule has 1 aliphatic heterocycles. The van der Waals surface area contributed by atoms with Crippen molar-refractivity contribution in [3.05, 3.63) is 24.3 Å². The fraction of sp³-hybridized carbons (Fsp3) is 0.500. The Hall–Kier alpha value is -1.51. The summed E-state index contributed by atoms with van der Waals surface area (Å²) in [6, 6.07) is 6.42. The molecule has 0 saturated carbocycles. The van der Waals surface area contributed by atoms with Gasteiger partial charge in [0, 0.05) is 25.2 Å². The molecule has 1 saturated heterocycles. The molecule has 132 valence electrons. The van der Waals surface area contributed by atoms with Gasteiger partial charge in [0.2, 0.25) is 15.9 Å². The van der Waals surface area contributed by atoms with E-state index in [0.29, 0.717) is 25.2 Å². The first-order valence-corrected chi connectivity index (χ1v) is 9.99. The van der Waals surface area contributed by atoms with Gasteiger partial charge in [0.1, 0.15) is 0 Å². The van der Waals surface area contributed by atoms with Gasteiger partial charge in [-0.25, -0.2) is 8.42 Å². The maximum absolute atomic E-state index is 12.7. The second-order valence-corrected chi connectivity index (χ2v) is 8.04. The topological polar surface area (TPSA) is 78.5 Å². The molecular weight excluding hydrogens is 346 g/mol. The molecule has 1 fully saturated rings. The summed E-state index contributed by atoms with van der Waals surface area (Å²) in [4.78, 5) is 11.6. The fourth-order valence-electron chi connectivity index (χ4n) is 2.52. The van der Waals surface area contributed by atoms with Crippen molar-refractivity contribution in [3.63, 3.8) is 0 Å². The molecule has 8 heteroatoms. The van der Waals surface area contributed by atoms with Gasteiger partial charge in [-0.2, -0.15) is 4.31 Å². The second kappa shape index (κ2) is 8.55. The molecule has 0 aliphatic carbocycles. The number of rotatable bonds is 4. The Morgan fingerprint density at radius 1 is 1.12 bits per heavy atom. The highest BCUT2D eigenvalue weighted by molar-refractivity contribution is 7.89. The van der Waals surface area contributed by atoms with Gasteiger partial charge in [-0.15, -0.1) is 0 Å². The highest BCUT2D eigenvalue weighted by Gasteiger charge is 2.24. The van der Waals surface area contributed by atoms with Gasteiger partial charge in [-0.1, -0.05) is 19.8 Å². The predicted molar refractivity (Wildman–Crippen MR) is 98.3 cm³/mol. The SMILES string of the molecule is CCC(=O)NC(=S)Nc1ccc(S(=O)(=O)N2CCCCCC2)cc1. The Balaban J connectivity index is 2.05. The molecule has 0 atom stereocenters. The van der Waals surface area contributed by atoms with Crippen molar-refractivity contribution >= 4 is 38.9 Å². The molecule has 24 heavy (non-hydrogen) atoms. The van der Waals surface area contributed by atoms with E-state index in [1.54, 1.807) is 35.5 Å². The van der Waals surface area contributed by atoms with Gasteiger partial charge in [0.15, 0.2) is 5.11 Å². The standard InChI is InChI=1S/C16H23N3O3S2/c1-2-15(20)18-16(23)17-13-7-9-14(10-8-13)24(21,22)19-11-5-3-4-6-12-19/h7-10H,2-6,11-12H2,1H3,(H2,17,18,20,23). The van der Waals surface area contributed by atoms with E-state index in [1.165, 1.54) is 0 Å². The summed E-state index contributed by atoms with van der Waals surface area (Å²) < 4.78 is 26.9. The minimum absolute atomic E-state index is 0.173. The molecule has 0 radical (unpaired) electrons. The number of sulfonamides is 1. The Morgan fingerprint density at radius 3 is 2.25 bits per heavy atom. The lowest BCUT2D eigenvalue weighted by Crippen LogP contribution is -2.33. The Morgan fingerprint density at radius 2 is 1.71 bits per heavy atom. The van der Waals surface area contributed by atoms with Crippen LogP contribution < -0.4 is 10.6 Å². The second-order valence-electron chi connectivity index (χ2n) is 5.70. The summed E-state index contributed by atoms with van der Waals surface area (Å²) >= 11 is 5.03. The van der Waals surface area contributed by atoms with E-state index in [9.17, 15) is 13.2 Å². The van der Waals surface area contributed by atoms with Crippen LogP contribution in [0.4, 0.5) is 5.69 Å². The van der Waals surface area contributed by atoms with E-state index in [1.807, 2.05) is 0 Å². The first kappa shape index (κ1) is 18.8. The highest BCUT2D eigenvalue weighted by Crippen LogP contribution is 2.21. The van der Waals surface area contributed by atoms with E-state index >= 15 is 0 Å². The third kappa shape index (κ3) is 4.99. The van der Waals surface area contributed by atoms with Crippen LogP contribution in [0.15, 0.2) is 29.2 Å². The Kier molecular flexibility index (Phi) is 6.70. The van der Waals surface area contributed by atoms with Crippen LogP contribution in [-0.4, -0.2) is 36.8 Å². The number of amides is 1. The van der Waals surface area contributed by atoms with Gasteiger partial charge in [0.25, 0.3) is 0 Å². The van der Waals surface area contributed by atoms with Crippen molar-refractivity contribution in [2.45, 2.75) is 43.9 Å². The smallest absolute Gasteiger partial charge is 0.243 e. The molecule has 1 aliphatic rings. The number of hydrogen-bond acceptors (Lipinski definition) is 4. The van der Waals surface area contributed by atoms with Crippen LogP contribution in [0.5, 0.6) is 0 Å². The molecule has 2 N–H and O–H groups in total. The number of nitrogens with one attached hydrogen (secondary N) is 2. The lowest BCUT2D eigenvalue weighted by Gasteiger charge is -2.20. The zero-order valence-electron chi connectivity index (χ0n) is 13.7. The molecule has 2 rings (SSSR count). The largest absolute Gasteiger partial charge is 0.332 e.